The average molecular weight is 216 g/mol. The third-order valence-electron chi connectivity index (χ3n) is 2.05. The van der Waals surface area contributed by atoms with Crippen molar-refractivity contribution in [1.82, 2.24) is 16.0 Å². The standard InChI is InChI=1S/C9H20N4O2/c1-4-9(2,3)13-8(15)12-6-5-11-7(10)14/h4-6H2,1-3H3,(H3,10,11,14)(H2,12,13,15). The molecule has 5 N–H and O–H groups in total. The van der Waals surface area contributed by atoms with Crippen LogP contribution < -0.4 is 21.7 Å². The van der Waals surface area contributed by atoms with Gasteiger partial charge in [0.15, 0.2) is 0 Å². The van der Waals surface area contributed by atoms with Gasteiger partial charge in [-0.25, -0.2) is 9.59 Å². The molecule has 0 aliphatic rings. The van der Waals surface area contributed by atoms with Crippen LogP contribution in [0.4, 0.5) is 9.59 Å². The Labute approximate surface area is 90.0 Å². The maximum atomic E-state index is 11.3. The lowest BCUT2D eigenvalue weighted by molar-refractivity contribution is 0.228. The van der Waals surface area contributed by atoms with Crippen LogP contribution in [0.25, 0.3) is 0 Å². The van der Waals surface area contributed by atoms with Crippen molar-refractivity contribution in [3.63, 3.8) is 0 Å². The minimum absolute atomic E-state index is 0.221. The number of hydrogen-bond acceptors (Lipinski definition) is 2. The number of hydrogen-bond donors (Lipinski definition) is 4. The summed E-state index contributed by atoms with van der Waals surface area (Å²) in [6.07, 6.45) is 0.847. The third kappa shape index (κ3) is 7.60. The zero-order valence-corrected chi connectivity index (χ0v) is 9.52. The maximum absolute atomic E-state index is 11.3. The Bertz CT molecular complexity index is 228. The molecule has 0 aromatic rings. The Morgan fingerprint density at radius 3 is 2.20 bits per heavy atom. The van der Waals surface area contributed by atoms with Crippen LogP contribution in [-0.4, -0.2) is 30.7 Å². The van der Waals surface area contributed by atoms with E-state index in [9.17, 15) is 9.59 Å². The van der Waals surface area contributed by atoms with E-state index in [0.717, 1.165) is 6.42 Å². The van der Waals surface area contributed by atoms with E-state index in [1.165, 1.54) is 0 Å². The SMILES string of the molecule is CCC(C)(C)NC(=O)NCCNC(N)=O. The van der Waals surface area contributed by atoms with Crippen LogP contribution in [-0.2, 0) is 0 Å². The van der Waals surface area contributed by atoms with Crippen molar-refractivity contribution in [2.45, 2.75) is 32.7 Å². The predicted octanol–water partition coefficient (Wildman–Crippen LogP) is 0.143. The number of carbonyl (C=O) groups excluding carboxylic acids is 2. The van der Waals surface area contributed by atoms with E-state index < -0.39 is 6.03 Å². The van der Waals surface area contributed by atoms with Crippen molar-refractivity contribution in [2.24, 2.45) is 5.73 Å². The highest BCUT2D eigenvalue weighted by Crippen LogP contribution is 2.05. The highest BCUT2D eigenvalue weighted by Gasteiger charge is 2.16. The molecule has 0 aromatic carbocycles. The van der Waals surface area contributed by atoms with Gasteiger partial charge in [-0.15, -0.1) is 0 Å². The molecule has 0 atom stereocenters. The topological polar surface area (TPSA) is 96.2 Å². The second-order valence-corrected chi connectivity index (χ2v) is 3.91. The first-order chi connectivity index (χ1) is 6.87. The summed E-state index contributed by atoms with van der Waals surface area (Å²) in [5, 5.41) is 7.78. The molecule has 6 heteroatoms. The summed E-state index contributed by atoms with van der Waals surface area (Å²) in [5.74, 6) is 0. The highest BCUT2D eigenvalue weighted by molar-refractivity contribution is 5.75. The predicted molar refractivity (Wildman–Crippen MR) is 58.5 cm³/mol. The van der Waals surface area contributed by atoms with Crippen molar-refractivity contribution in [3.8, 4) is 0 Å². The number of amides is 4. The van der Waals surface area contributed by atoms with Crippen molar-refractivity contribution < 1.29 is 9.59 Å². The van der Waals surface area contributed by atoms with Gasteiger partial charge in [0.05, 0.1) is 0 Å². The zero-order chi connectivity index (χ0) is 11.9. The number of nitrogens with one attached hydrogen (secondary N) is 3. The van der Waals surface area contributed by atoms with E-state index >= 15 is 0 Å². The lowest BCUT2D eigenvalue weighted by Gasteiger charge is -2.24. The summed E-state index contributed by atoms with van der Waals surface area (Å²) in [5.41, 5.74) is 4.63. The number of urea groups is 2. The highest BCUT2D eigenvalue weighted by atomic mass is 16.2. The molecule has 88 valence electrons. The number of nitrogens with two attached hydrogens (primary N) is 1. The summed E-state index contributed by atoms with van der Waals surface area (Å²) in [7, 11) is 0. The molecular weight excluding hydrogens is 196 g/mol. The quantitative estimate of drug-likeness (QED) is 0.492. The fourth-order valence-electron chi connectivity index (χ4n) is 0.802. The monoisotopic (exact) mass is 216 g/mol. The molecule has 6 nitrogen and oxygen atoms in total. The Morgan fingerprint density at radius 1 is 1.20 bits per heavy atom. The maximum Gasteiger partial charge on any atom is 0.315 e. The molecule has 0 spiro atoms. The van der Waals surface area contributed by atoms with Gasteiger partial charge in [-0.05, 0) is 20.3 Å². The van der Waals surface area contributed by atoms with Crippen LogP contribution >= 0.6 is 0 Å². The Kier molecular flexibility index (Phi) is 5.51. The first-order valence-electron chi connectivity index (χ1n) is 4.96. The molecule has 0 saturated heterocycles. The number of primary amides is 1. The first kappa shape index (κ1) is 13.5. The Hall–Kier alpha value is -1.46. The van der Waals surface area contributed by atoms with E-state index in [1.54, 1.807) is 0 Å². The van der Waals surface area contributed by atoms with Gasteiger partial charge in [0.2, 0.25) is 0 Å². The van der Waals surface area contributed by atoms with Gasteiger partial charge < -0.3 is 21.7 Å². The summed E-state index contributed by atoms with van der Waals surface area (Å²) >= 11 is 0. The van der Waals surface area contributed by atoms with Gasteiger partial charge >= 0.3 is 12.1 Å². The third-order valence-corrected chi connectivity index (χ3v) is 2.05. The van der Waals surface area contributed by atoms with E-state index in [1.807, 2.05) is 20.8 Å². The van der Waals surface area contributed by atoms with Crippen molar-refractivity contribution in [2.75, 3.05) is 13.1 Å². The molecule has 0 aliphatic carbocycles. The van der Waals surface area contributed by atoms with E-state index in [4.69, 9.17) is 5.73 Å². The summed E-state index contributed by atoms with van der Waals surface area (Å²) < 4.78 is 0. The van der Waals surface area contributed by atoms with Gasteiger partial charge in [0.1, 0.15) is 0 Å². The largest absolute Gasteiger partial charge is 0.352 e. The smallest absolute Gasteiger partial charge is 0.315 e. The van der Waals surface area contributed by atoms with Gasteiger partial charge in [-0.2, -0.15) is 0 Å². The fraction of sp³-hybridized carbons (Fsp3) is 0.778. The van der Waals surface area contributed by atoms with Gasteiger partial charge in [0.25, 0.3) is 0 Å². The molecule has 0 heterocycles. The molecular formula is C9H20N4O2. The molecule has 0 rings (SSSR count). The van der Waals surface area contributed by atoms with E-state index in [-0.39, 0.29) is 11.6 Å². The number of rotatable bonds is 5. The fourth-order valence-corrected chi connectivity index (χ4v) is 0.802. The lowest BCUT2D eigenvalue weighted by atomic mass is 10.0. The number of carbonyl (C=O) groups is 2. The molecule has 0 fully saturated rings. The van der Waals surface area contributed by atoms with Gasteiger partial charge in [-0.1, -0.05) is 6.92 Å². The minimum atomic E-state index is -0.592. The van der Waals surface area contributed by atoms with Gasteiger partial charge in [0, 0.05) is 18.6 Å². The minimum Gasteiger partial charge on any atom is -0.352 e. The van der Waals surface area contributed by atoms with Crippen LogP contribution in [0.15, 0.2) is 0 Å². The Balaban J connectivity index is 3.62. The summed E-state index contributed by atoms with van der Waals surface area (Å²) in [4.78, 5) is 21.6. The molecule has 0 radical (unpaired) electrons. The Morgan fingerprint density at radius 2 is 1.73 bits per heavy atom. The van der Waals surface area contributed by atoms with Crippen molar-refractivity contribution >= 4 is 12.1 Å². The molecule has 0 bridgehead atoms. The zero-order valence-electron chi connectivity index (χ0n) is 9.52. The first-order valence-corrected chi connectivity index (χ1v) is 4.96. The van der Waals surface area contributed by atoms with E-state index in [0.29, 0.717) is 13.1 Å². The van der Waals surface area contributed by atoms with Crippen LogP contribution in [0.5, 0.6) is 0 Å². The molecule has 15 heavy (non-hydrogen) atoms. The van der Waals surface area contributed by atoms with Gasteiger partial charge in [-0.3, -0.25) is 0 Å². The lowest BCUT2D eigenvalue weighted by Crippen LogP contribution is -2.49. The van der Waals surface area contributed by atoms with Crippen molar-refractivity contribution in [3.05, 3.63) is 0 Å². The van der Waals surface area contributed by atoms with Crippen LogP contribution in [0, 0.1) is 0 Å². The second-order valence-electron chi connectivity index (χ2n) is 3.91. The average Bonchev–Trinajstić information content (AvgIpc) is 2.11. The summed E-state index contributed by atoms with van der Waals surface area (Å²) in [6, 6.07) is -0.834. The van der Waals surface area contributed by atoms with Crippen LogP contribution in [0.2, 0.25) is 0 Å². The normalized spacial score (nSPS) is 10.6. The van der Waals surface area contributed by atoms with Crippen LogP contribution in [0.3, 0.4) is 0 Å². The van der Waals surface area contributed by atoms with E-state index in [2.05, 4.69) is 16.0 Å². The molecule has 4 amide bonds. The molecule has 0 aliphatic heterocycles. The molecule has 0 aromatic heterocycles. The molecule has 0 saturated carbocycles. The van der Waals surface area contributed by atoms with Crippen LogP contribution in [0.1, 0.15) is 27.2 Å². The second kappa shape index (κ2) is 6.10. The molecule has 0 unspecified atom stereocenters. The summed E-state index contributed by atoms with van der Waals surface area (Å²) in [6.45, 7) is 6.56. The van der Waals surface area contributed by atoms with Crippen molar-refractivity contribution in [1.29, 1.82) is 0 Å².